The molecule has 128 valence electrons. The van der Waals surface area contributed by atoms with Crippen LogP contribution in [0.4, 0.5) is 17.2 Å². The minimum absolute atomic E-state index is 0.129. The number of anilines is 3. The topological polar surface area (TPSA) is 119 Å². The molecule has 24 heavy (non-hydrogen) atoms. The Bertz CT molecular complexity index is 732. The third-order valence-corrected chi connectivity index (χ3v) is 3.81. The molecule has 1 aromatic carbocycles. The Hall–Kier alpha value is -2.68. The lowest BCUT2D eigenvalue weighted by Gasteiger charge is -2.08. The van der Waals surface area contributed by atoms with Crippen LogP contribution in [0.1, 0.15) is 5.76 Å². The first-order chi connectivity index (χ1) is 11.5. The zero-order valence-electron chi connectivity index (χ0n) is 13.3. The van der Waals surface area contributed by atoms with Crippen molar-refractivity contribution in [2.75, 3.05) is 35.0 Å². The Morgan fingerprint density at radius 2 is 1.96 bits per heavy atom. The van der Waals surface area contributed by atoms with E-state index in [0.29, 0.717) is 28.7 Å². The Labute approximate surface area is 143 Å². The second-order valence-electron chi connectivity index (χ2n) is 4.87. The van der Waals surface area contributed by atoms with Gasteiger partial charge in [0.15, 0.2) is 5.82 Å². The van der Waals surface area contributed by atoms with Gasteiger partial charge in [0.2, 0.25) is 11.8 Å². The van der Waals surface area contributed by atoms with Gasteiger partial charge in [0.25, 0.3) is 0 Å². The predicted molar refractivity (Wildman–Crippen MR) is 93.2 cm³/mol. The quantitative estimate of drug-likeness (QED) is 0.652. The molecule has 0 spiro atoms. The highest BCUT2D eigenvalue weighted by atomic mass is 32.2. The third kappa shape index (κ3) is 5.20. The monoisotopic (exact) mass is 350 g/mol. The van der Waals surface area contributed by atoms with Crippen LogP contribution in [0.5, 0.6) is 5.75 Å². The number of carbonyl (C=O) groups is 2. The van der Waals surface area contributed by atoms with Crippen molar-refractivity contribution in [3.63, 3.8) is 0 Å². The van der Waals surface area contributed by atoms with Gasteiger partial charge in [0.05, 0.1) is 24.3 Å². The number of rotatable bonds is 7. The van der Waals surface area contributed by atoms with E-state index < -0.39 is 0 Å². The zero-order chi connectivity index (χ0) is 17.5. The van der Waals surface area contributed by atoms with Crippen molar-refractivity contribution in [2.24, 2.45) is 0 Å². The van der Waals surface area contributed by atoms with Gasteiger partial charge in [0.1, 0.15) is 11.5 Å². The van der Waals surface area contributed by atoms with E-state index >= 15 is 0 Å². The molecule has 1 aromatic heterocycles. The van der Waals surface area contributed by atoms with Crippen LogP contribution in [0.15, 0.2) is 28.8 Å². The van der Waals surface area contributed by atoms with Gasteiger partial charge in [-0.1, -0.05) is 5.16 Å². The summed E-state index contributed by atoms with van der Waals surface area (Å²) in [5, 5.41) is 8.95. The van der Waals surface area contributed by atoms with E-state index in [1.165, 1.54) is 18.9 Å². The molecule has 9 heteroatoms. The number of aryl methyl sites for hydroxylation is 1. The molecule has 4 N–H and O–H groups in total. The number of nitrogens with zero attached hydrogens (tertiary/aromatic N) is 1. The van der Waals surface area contributed by atoms with Crippen LogP contribution >= 0.6 is 11.8 Å². The van der Waals surface area contributed by atoms with Gasteiger partial charge < -0.3 is 25.6 Å². The summed E-state index contributed by atoms with van der Waals surface area (Å²) in [6.45, 7) is 1.73. The molecule has 8 nitrogen and oxygen atoms in total. The second-order valence-corrected chi connectivity index (χ2v) is 5.85. The molecule has 0 atom stereocenters. The molecule has 1 heterocycles. The number of carbonyl (C=O) groups excluding carboxylic acids is 2. The van der Waals surface area contributed by atoms with Crippen molar-refractivity contribution in [1.82, 2.24) is 5.16 Å². The number of hydrogen-bond acceptors (Lipinski definition) is 7. The van der Waals surface area contributed by atoms with E-state index in [-0.39, 0.29) is 23.3 Å². The zero-order valence-corrected chi connectivity index (χ0v) is 14.1. The van der Waals surface area contributed by atoms with Gasteiger partial charge in [0, 0.05) is 11.8 Å². The number of ether oxygens (including phenoxy) is 1. The van der Waals surface area contributed by atoms with Crippen LogP contribution in [0.2, 0.25) is 0 Å². The van der Waals surface area contributed by atoms with Gasteiger partial charge in [-0.3, -0.25) is 9.59 Å². The van der Waals surface area contributed by atoms with Crippen LogP contribution in [0.25, 0.3) is 0 Å². The lowest BCUT2D eigenvalue weighted by Crippen LogP contribution is -2.18. The molecule has 0 radical (unpaired) electrons. The predicted octanol–water partition coefficient (Wildman–Crippen LogP) is 1.88. The molecule has 0 aliphatic carbocycles. The first-order valence-electron chi connectivity index (χ1n) is 7.02. The first kappa shape index (κ1) is 17.7. The van der Waals surface area contributed by atoms with Crippen molar-refractivity contribution < 1.29 is 18.8 Å². The first-order valence-corrected chi connectivity index (χ1v) is 8.17. The average Bonchev–Trinajstić information content (AvgIpc) is 2.92. The van der Waals surface area contributed by atoms with Crippen LogP contribution in [0, 0.1) is 6.92 Å². The van der Waals surface area contributed by atoms with E-state index in [2.05, 4.69) is 15.8 Å². The number of amides is 2. The van der Waals surface area contributed by atoms with Crippen molar-refractivity contribution in [3.8, 4) is 5.75 Å². The summed E-state index contributed by atoms with van der Waals surface area (Å²) >= 11 is 1.19. The Morgan fingerprint density at radius 3 is 2.54 bits per heavy atom. The fourth-order valence-corrected chi connectivity index (χ4v) is 2.47. The lowest BCUT2D eigenvalue weighted by molar-refractivity contribution is -0.114. The Morgan fingerprint density at radius 1 is 1.25 bits per heavy atom. The van der Waals surface area contributed by atoms with E-state index in [0.717, 1.165) is 0 Å². The number of hydrogen-bond donors (Lipinski definition) is 3. The molecule has 2 amide bonds. The maximum atomic E-state index is 11.9. The number of thioether (sulfide) groups is 1. The van der Waals surface area contributed by atoms with Crippen LogP contribution < -0.4 is 21.1 Å². The molecule has 0 aliphatic rings. The maximum absolute atomic E-state index is 11.9. The van der Waals surface area contributed by atoms with Crippen molar-refractivity contribution in [1.29, 1.82) is 0 Å². The van der Waals surface area contributed by atoms with Crippen LogP contribution in [-0.4, -0.2) is 35.6 Å². The normalized spacial score (nSPS) is 10.2. The third-order valence-electron chi connectivity index (χ3n) is 2.88. The number of nitrogens with one attached hydrogen (secondary N) is 2. The molecule has 0 aliphatic heterocycles. The molecular weight excluding hydrogens is 332 g/mol. The van der Waals surface area contributed by atoms with E-state index in [1.54, 1.807) is 31.2 Å². The van der Waals surface area contributed by atoms with Gasteiger partial charge in [-0.15, -0.1) is 11.8 Å². The van der Waals surface area contributed by atoms with E-state index in [1.807, 2.05) is 0 Å². The van der Waals surface area contributed by atoms with Crippen molar-refractivity contribution >= 4 is 40.8 Å². The number of methoxy groups -OCH3 is 1. The van der Waals surface area contributed by atoms with Crippen molar-refractivity contribution in [3.05, 3.63) is 30.0 Å². The summed E-state index contributed by atoms with van der Waals surface area (Å²) in [5.41, 5.74) is 6.78. The fraction of sp³-hybridized carbons (Fsp3) is 0.267. The SMILES string of the molecule is COc1ccc(NC(=O)CSCC(=O)Nc2cc(C)on2)cc1N. The minimum atomic E-state index is -0.255. The number of aromatic nitrogens is 1. The maximum Gasteiger partial charge on any atom is 0.235 e. The van der Waals surface area contributed by atoms with Gasteiger partial charge >= 0.3 is 0 Å². The molecular formula is C15H18N4O4S. The summed E-state index contributed by atoms with van der Waals surface area (Å²) in [6, 6.07) is 6.59. The minimum Gasteiger partial charge on any atom is -0.495 e. The standard InChI is InChI=1S/C15H18N4O4S/c1-9-5-13(19-23-9)18-15(21)8-24-7-14(20)17-10-3-4-12(22-2)11(16)6-10/h3-6H,7-8,16H2,1-2H3,(H,17,20)(H,18,19,21). The van der Waals surface area contributed by atoms with Crippen molar-refractivity contribution in [2.45, 2.75) is 6.92 Å². The smallest absolute Gasteiger partial charge is 0.235 e. The summed E-state index contributed by atoms with van der Waals surface area (Å²) in [7, 11) is 1.52. The summed E-state index contributed by atoms with van der Waals surface area (Å²) in [5.74, 6) is 1.29. The average molecular weight is 350 g/mol. The number of nitrogens with two attached hydrogens (primary N) is 1. The second kappa shape index (κ2) is 8.25. The Balaban J connectivity index is 1.73. The molecule has 2 rings (SSSR count). The summed E-state index contributed by atoms with van der Waals surface area (Å²) < 4.78 is 9.89. The molecule has 0 fully saturated rings. The molecule has 2 aromatic rings. The number of nitrogen functional groups attached to an aromatic ring is 1. The summed E-state index contributed by atoms with van der Waals surface area (Å²) in [4.78, 5) is 23.6. The Kier molecular flexibility index (Phi) is 6.07. The van der Waals surface area contributed by atoms with Gasteiger partial charge in [-0.05, 0) is 25.1 Å². The molecule has 0 unspecified atom stereocenters. The molecule has 0 bridgehead atoms. The highest BCUT2D eigenvalue weighted by Gasteiger charge is 2.09. The largest absolute Gasteiger partial charge is 0.495 e. The van der Waals surface area contributed by atoms with Gasteiger partial charge in [-0.2, -0.15) is 0 Å². The van der Waals surface area contributed by atoms with E-state index in [9.17, 15) is 9.59 Å². The lowest BCUT2D eigenvalue weighted by atomic mass is 10.2. The highest BCUT2D eigenvalue weighted by molar-refractivity contribution is 8.00. The fourth-order valence-electron chi connectivity index (χ4n) is 1.85. The van der Waals surface area contributed by atoms with Crippen LogP contribution in [-0.2, 0) is 9.59 Å². The number of benzene rings is 1. The molecule has 0 saturated heterocycles. The molecule has 0 saturated carbocycles. The van der Waals surface area contributed by atoms with E-state index in [4.69, 9.17) is 15.0 Å². The van der Waals surface area contributed by atoms with Gasteiger partial charge in [-0.25, -0.2) is 0 Å². The van der Waals surface area contributed by atoms with Crippen LogP contribution in [0.3, 0.4) is 0 Å². The highest BCUT2D eigenvalue weighted by Crippen LogP contribution is 2.24. The summed E-state index contributed by atoms with van der Waals surface area (Å²) in [6.07, 6.45) is 0.